The number of amides is 1. The van der Waals surface area contributed by atoms with Gasteiger partial charge in [0.1, 0.15) is 16.6 Å². The minimum absolute atomic E-state index is 0.149. The third kappa shape index (κ3) is 4.18. The van der Waals surface area contributed by atoms with Crippen LogP contribution in [-0.4, -0.2) is 34.2 Å². The lowest BCUT2D eigenvalue weighted by atomic mass is 10.3. The van der Waals surface area contributed by atoms with E-state index < -0.39 is 5.97 Å². The SMILES string of the molecule is CCCCOC(=O)CN1C(=O)/C(=C\c2ccco2)SC1=S. The summed E-state index contributed by atoms with van der Waals surface area (Å²) in [7, 11) is 0. The van der Waals surface area contributed by atoms with E-state index in [-0.39, 0.29) is 12.5 Å². The van der Waals surface area contributed by atoms with Crippen LogP contribution < -0.4 is 0 Å². The van der Waals surface area contributed by atoms with Gasteiger partial charge in [-0.05, 0) is 18.6 Å². The molecule has 5 nitrogen and oxygen atoms in total. The average Bonchev–Trinajstić information content (AvgIpc) is 3.04. The lowest BCUT2D eigenvalue weighted by molar-refractivity contribution is -0.146. The zero-order chi connectivity index (χ0) is 15.2. The van der Waals surface area contributed by atoms with Gasteiger partial charge in [-0.25, -0.2) is 0 Å². The van der Waals surface area contributed by atoms with E-state index in [1.54, 1.807) is 18.2 Å². The molecule has 1 aliphatic rings. The molecule has 0 aromatic carbocycles. The van der Waals surface area contributed by atoms with Crippen molar-refractivity contribution in [1.29, 1.82) is 0 Å². The minimum atomic E-state index is -0.445. The monoisotopic (exact) mass is 325 g/mol. The maximum absolute atomic E-state index is 12.2. The van der Waals surface area contributed by atoms with Crippen molar-refractivity contribution in [2.24, 2.45) is 0 Å². The quantitative estimate of drug-likeness (QED) is 0.347. The van der Waals surface area contributed by atoms with Crippen LogP contribution in [-0.2, 0) is 14.3 Å². The molecule has 0 spiro atoms. The Morgan fingerprint density at radius 2 is 2.38 bits per heavy atom. The van der Waals surface area contributed by atoms with Gasteiger partial charge in [-0.2, -0.15) is 0 Å². The fraction of sp³-hybridized carbons (Fsp3) is 0.357. The average molecular weight is 325 g/mol. The summed E-state index contributed by atoms with van der Waals surface area (Å²) < 4.78 is 10.6. The van der Waals surface area contributed by atoms with Crippen LogP contribution in [0.15, 0.2) is 27.7 Å². The maximum Gasteiger partial charge on any atom is 0.326 e. The first-order valence-corrected chi connectivity index (χ1v) is 7.78. The van der Waals surface area contributed by atoms with Gasteiger partial charge in [0.15, 0.2) is 0 Å². The zero-order valence-electron chi connectivity index (χ0n) is 11.5. The molecule has 0 radical (unpaired) electrons. The van der Waals surface area contributed by atoms with E-state index in [0.29, 0.717) is 21.6 Å². The van der Waals surface area contributed by atoms with E-state index in [4.69, 9.17) is 21.4 Å². The summed E-state index contributed by atoms with van der Waals surface area (Å²) in [5, 5.41) is 0. The Balaban J connectivity index is 1.97. The highest BCUT2D eigenvalue weighted by Crippen LogP contribution is 2.32. The third-order valence-electron chi connectivity index (χ3n) is 2.74. The number of hydrogen-bond donors (Lipinski definition) is 0. The molecule has 0 atom stereocenters. The number of thioether (sulfide) groups is 1. The first-order chi connectivity index (χ1) is 10.1. The van der Waals surface area contributed by atoms with Crippen molar-refractivity contribution in [2.45, 2.75) is 19.8 Å². The minimum Gasteiger partial charge on any atom is -0.465 e. The molecule has 1 saturated heterocycles. The van der Waals surface area contributed by atoms with Crippen LogP contribution in [0, 0.1) is 0 Å². The summed E-state index contributed by atoms with van der Waals surface area (Å²) >= 11 is 6.28. The van der Waals surface area contributed by atoms with E-state index in [1.165, 1.54) is 11.2 Å². The lowest BCUT2D eigenvalue weighted by Crippen LogP contribution is -2.34. The summed E-state index contributed by atoms with van der Waals surface area (Å²) in [4.78, 5) is 25.6. The molecule has 0 saturated carbocycles. The van der Waals surface area contributed by atoms with Crippen LogP contribution in [0.1, 0.15) is 25.5 Å². The highest BCUT2D eigenvalue weighted by atomic mass is 32.2. The fourth-order valence-electron chi connectivity index (χ4n) is 1.64. The standard InChI is InChI=1S/C14H15NO4S2/c1-2-3-6-19-12(16)9-15-13(17)11(21-14(15)20)8-10-5-4-7-18-10/h4-5,7-8H,2-3,6,9H2,1H3/b11-8+. The number of hydrogen-bond acceptors (Lipinski definition) is 6. The third-order valence-corrected chi connectivity index (χ3v) is 4.12. The predicted octanol–water partition coefficient (Wildman–Crippen LogP) is 2.82. The van der Waals surface area contributed by atoms with Crippen LogP contribution in [0.2, 0.25) is 0 Å². The Bertz CT molecular complexity index is 566. The van der Waals surface area contributed by atoms with Crippen molar-refractivity contribution in [3.8, 4) is 0 Å². The lowest BCUT2D eigenvalue weighted by Gasteiger charge is -2.13. The number of nitrogens with zero attached hydrogens (tertiary/aromatic N) is 1. The number of carbonyl (C=O) groups excluding carboxylic acids is 2. The molecule has 21 heavy (non-hydrogen) atoms. The largest absolute Gasteiger partial charge is 0.465 e. The number of ether oxygens (including phenoxy) is 1. The van der Waals surface area contributed by atoms with Gasteiger partial charge in [0.05, 0.1) is 17.8 Å². The number of unbranched alkanes of at least 4 members (excludes halogenated alkanes) is 1. The number of rotatable bonds is 6. The summed E-state index contributed by atoms with van der Waals surface area (Å²) in [6.07, 6.45) is 4.89. The predicted molar refractivity (Wildman–Crippen MR) is 84.5 cm³/mol. The van der Waals surface area contributed by atoms with Crippen molar-refractivity contribution in [1.82, 2.24) is 4.90 Å². The topological polar surface area (TPSA) is 59.8 Å². The molecule has 1 aromatic rings. The van der Waals surface area contributed by atoms with Crippen LogP contribution in [0.25, 0.3) is 6.08 Å². The Hall–Kier alpha value is -1.60. The van der Waals surface area contributed by atoms with E-state index in [9.17, 15) is 9.59 Å². The molecule has 0 unspecified atom stereocenters. The highest BCUT2D eigenvalue weighted by Gasteiger charge is 2.33. The second-order valence-corrected chi connectivity index (χ2v) is 6.03. The molecule has 1 fully saturated rings. The van der Waals surface area contributed by atoms with E-state index in [1.807, 2.05) is 6.92 Å². The van der Waals surface area contributed by atoms with Gasteiger partial charge in [-0.1, -0.05) is 37.3 Å². The molecule has 2 heterocycles. The van der Waals surface area contributed by atoms with Gasteiger partial charge in [0.2, 0.25) is 0 Å². The van der Waals surface area contributed by atoms with Gasteiger partial charge in [0, 0.05) is 6.08 Å². The number of furan rings is 1. The first-order valence-electron chi connectivity index (χ1n) is 6.56. The molecule has 0 N–H and O–H groups in total. The maximum atomic E-state index is 12.2. The van der Waals surface area contributed by atoms with Crippen molar-refractivity contribution in [3.05, 3.63) is 29.1 Å². The molecule has 7 heteroatoms. The normalized spacial score (nSPS) is 16.8. The van der Waals surface area contributed by atoms with Gasteiger partial charge < -0.3 is 9.15 Å². The van der Waals surface area contributed by atoms with Crippen LogP contribution in [0.3, 0.4) is 0 Å². The number of carbonyl (C=O) groups is 2. The zero-order valence-corrected chi connectivity index (χ0v) is 13.2. The molecular weight excluding hydrogens is 310 g/mol. The summed E-state index contributed by atoms with van der Waals surface area (Å²) in [5.41, 5.74) is 0. The molecule has 2 rings (SSSR count). The Kier molecular flexibility index (Phi) is 5.58. The van der Waals surface area contributed by atoms with Crippen LogP contribution in [0.4, 0.5) is 0 Å². The van der Waals surface area contributed by atoms with Gasteiger partial charge >= 0.3 is 5.97 Å². The molecule has 1 amide bonds. The van der Waals surface area contributed by atoms with E-state index >= 15 is 0 Å². The van der Waals surface area contributed by atoms with Crippen molar-refractivity contribution < 1.29 is 18.7 Å². The molecule has 0 aliphatic carbocycles. The summed E-state index contributed by atoms with van der Waals surface area (Å²) in [6, 6.07) is 3.48. The van der Waals surface area contributed by atoms with E-state index in [2.05, 4.69) is 0 Å². The van der Waals surface area contributed by atoms with E-state index in [0.717, 1.165) is 24.6 Å². The van der Waals surface area contributed by atoms with Crippen LogP contribution >= 0.6 is 24.0 Å². The first kappa shape index (κ1) is 15.8. The van der Waals surface area contributed by atoms with Crippen LogP contribution in [0.5, 0.6) is 0 Å². The van der Waals surface area contributed by atoms with Crippen molar-refractivity contribution in [2.75, 3.05) is 13.2 Å². The number of thiocarbonyl (C=S) groups is 1. The van der Waals surface area contributed by atoms with Crippen molar-refractivity contribution >= 4 is 46.3 Å². The van der Waals surface area contributed by atoms with Crippen molar-refractivity contribution in [3.63, 3.8) is 0 Å². The molecule has 0 bridgehead atoms. The Labute approximate surface area is 132 Å². The molecule has 112 valence electrons. The molecule has 1 aromatic heterocycles. The second kappa shape index (κ2) is 7.42. The second-order valence-electron chi connectivity index (χ2n) is 4.36. The Morgan fingerprint density at radius 1 is 1.57 bits per heavy atom. The summed E-state index contributed by atoms with van der Waals surface area (Å²) in [5.74, 6) is -0.172. The molecule has 1 aliphatic heterocycles. The smallest absolute Gasteiger partial charge is 0.326 e. The fourth-order valence-corrected chi connectivity index (χ4v) is 2.88. The molecular formula is C14H15NO4S2. The summed E-state index contributed by atoms with van der Waals surface area (Å²) in [6.45, 7) is 2.23. The Morgan fingerprint density at radius 3 is 3.05 bits per heavy atom. The van der Waals surface area contributed by atoms with Gasteiger partial charge in [0.25, 0.3) is 5.91 Å². The van der Waals surface area contributed by atoms with Gasteiger partial charge in [-0.3, -0.25) is 14.5 Å². The highest BCUT2D eigenvalue weighted by molar-refractivity contribution is 8.26. The van der Waals surface area contributed by atoms with Gasteiger partial charge in [-0.15, -0.1) is 0 Å². The number of esters is 1.